The first-order chi connectivity index (χ1) is 11.0. The van der Waals surface area contributed by atoms with Gasteiger partial charge in [0.25, 0.3) is 0 Å². The number of carboxylic acid groups (broad SMARTS) is 1. The first-order valence-corrected chi connectivity index (χ1v) is 8.16. The molecule has 0 bridgehead atoms. The maximum absolute atomic E-state index is 11.6. The highest BCUT2D eigenvalue weighted by atomic mass is 16.4. The van der Waals surface area contributed by atoms with Crippen molar-refractivity contribution >= 4 is 17.8 Å². The Morgan fingerprint density at radius 3 is 2.43 bits per heavy atom. The maximum atomic E-state index is 11.6. The van der Waals surface area contributed by atoms with Gasteiger partial charge in [0.2, 0.25) is 11.8 Å². The van der Waals surface area contributed by atoms with Crippen molar-refractivity contribution in [1.29, 1.82) is 0 Å². The summed E-state index contributed by atoms with van der Waals surface area (Å²) < 4.78 is 0. The second kappa shape index (κ2) is 10.8. The van der Waals surface area contributed by atoms with E-state index in [4.69, 9.17) is 5.11 Å². The second-order valence-electron chi connectivity index (χ2n) is 5.67. The van der Waals surface area contributed by atoms with Crippen LogP contribution in [0.2, 0.25) is 0 Å². The summed E-state index contributed by atoms with van der Waals surface area (Å²) in [5.74, 6) is -0.951. The Bertz CT molecular complexity index is 436. The number of aliphatic hydroxyl groups is 1. The molecule has 0 aromatic carbocycles. The van der Waals surface area contributed by atoms with E-state index in [1.807, 2.05) is 0 Å². The number of aliphatic hydroxyl groups excluding tert-OH is 1. The first kappa shape index (κ1) is 19.2. The molecule has 0 aromatic heterocycles. The number of carboxylic acids is 1. The predicted molar refractivity (Wildman–Crippen MR) is 84.4 cm³/mol. The van der Waals surface area contributed by atoms with Gasteiger partial charge in [-0.1, -0.05) is 12.8 Å². The van der Waals surface area contributed by atoms with Crippen LogP contribution >= 0.6 is 0 Å². The lowest BCUT2D eigenvalue weighted by molar-refractivity contribution is -0.137. The van der Waals surface area contributed by atoms with Gasteiger partial charge in [0.05, 0.1) is 0 Å². The molecule has 7 nitrogen and oxygen atoms in total. The van der Waals surface area contributed by atoms with E-state index < -0.39 is 12.2 Å². The number of carbonyl (C=O) groups is 3. The van der Waals surface area contributed by atoms with Gasteiger partial charge in [0.1, 0.15) is 6.23 Å². The van der Waals surface area contributed by atoms with Crippen molar-refractivity contribution in [3.63, 3.8) is 0 Å². The average molecular weight is 326 g/mol. The zero-order chi connectivity index (χ0) is 17.1. The van der Waals surface area contributed by atoms with E-state index in [-0.39, 0.29) is 18.2 Å². The third-order valence-electron chi connectivity index (χ3n) is 3.71. The SMILES string of the molecule is O=C(O)CCCCCNC(=O)CCCCCN1C(=O)C=CC1O. The van der Waals surface area contributed by atoms with E-state index in [1.54, 1.807) is 0 Å². The van der Waals surface area contributed by atoms with Crippen LogP contribution in [0.4, 0.5) is 0 Å². The molecule has 0 spiro atoms. The monoisotopic (exact) mass is 326 g/mol. The molecule has 3 N–H and O–H groups in total. The molecule has 1 unspecified atom stereocenters. The van der Waals surface area contributed by atoms with E-state index >= 15 is 0 Å². The zero-order valence-corrected chi connectivity index (χ0v) is 13.4. The van der Waals surface area contributed by atoms with E-state index in [0.717, 1.165) is 32.1 Å². The van der Waals surface area contributed by atoms with Gasteiger partial charge in [0.15, 0.2) is 0 Å². The van der Waals surface area contributed by atoms with Crippen molar-refractivity contribution in [2.24, 2.45) is 0 Å². The summed E-state index contributed by atoms with van der Waals surface area (Å²) in [5, 5.41) is 20.8. The first-order valence-electron chi connectivity index (χ1n) is 8.16. The number of unbranched alkanes of at least 4 members (excludes halogenated alkanes) is 4. The van der Waals surface area contributed by atoms with Gasteiger partial charge in [-0.15, -0.1) is 0 Å². The van der Waals surface area contributed by atoms with Crippen LogP contribution in [0.1, 0.15) is 51.4 Å². The Balaban J connectivity index is 1.92. The topological polar surface area (TPSA) is 107 Å². The summed E-state index contributed by atoms with van der Waals surface area (Å²) in [6.07, 6.45) is 7.20. The molecule has 2 amide bonds. The molecule has 1 aliphatic heterocycles. The van der Waals surface area contributed by atoms with Crippen LogP contribution in [0.3, 0.4) is 0 Å². The minimum Gasteiger partial charge on any atom is -0.481 e. The largest absolute Gasteiger partial charge is 0.481 e. The summed E-state index contributed by atoms with van der Waals surface area (Å²) >= 11 is 0. The highest BCUT2D eigenvalue weighted by molar-refractivity contribution is 5.90. The number of aliphatic carboxylic acids is 1. The van der Waals surface area contributed by atoms with Crippen LogP contribution in [-0.4, -0.2) is 52.2 Å². The fourth-order valence-electron chi connectivity index (χ4n) is 2.38. The van der Waals surface area contributed by atoms with Gasteiger partial charge >= 0.3 is 5.97 Å². The van der Waals surface area contributed by atoms with E-state index in [1.165, 1.54) is 17.1 Å². The Morgan fingerprint density at radius 2 is 1.78 bits per heavy atom. The Labute approximate surface area is 136 Å². The third kappa shape index (κ3) is 8.35. The molecule has 130 valence electrons. The number of nitrogens with zero attached hydrogens (tertiary/aromatic N) is 1. The zero-order valence-electron chi connectivity index (χ0n) is 13.4. The molecular weight excluding hydrogens is 300 g/mol. The van der Waals surface area contributed by atoms with Crippen LogP contribution in [0, 0.1) is 0 Å². The fourth-order valence-corrected chi connectivity index (χ4v) is 2.38. The lowest BCUT2D eigenvalue weighted by atomic mass is 10.1. The van der Waals surface area contributed by atoms with Crippen LogP contribution in [0.5, 0.6) is 0 Å². The number of nitrogens with one attached hydrogen (secondary N) is 1. The van der Waals surface area contributed by atoms with Gasteiger partial charge in [-0.05, 0) is 31.8 Å². The summed E-state index contributed by atoms with van der Waals surface area (Å²) in [6, 6.07) is 0. The van der Waals surface area contributed by atoms with Crippen molar-refractivity contribution in [2.75, 3.05) is 13.1 Å². The molecule has 1 aliphatic rings. The van der Waals surface area contributed by atoms with Crippen molar-refractivity contribution in [1.82, 2.24) is 10.2 Å². The normalized spacial score (nSPS) is 16.8. The van der Waals surface area contributed by atoms with Gasteiger partial charge in [-0.25, -0.2) is 0 Å². The molecule has 0 saturated heterocycles. The van der Waals surface area contributed by atoms with Crippen LogP contribution in [0.25, 0.3) is 0 Å². The number of hydrogen-bond acceptors (Lipinski definition) is 4. The molecule has 0 saturated carbocycles. The Hall–Kier alpha value is -1.89. The van der Waals surface area contributed by atoms with Crippen molar-refractivity contribution in [3.8, 4) is 0 Å². The number of rotatable bonds is 12. The van der Waals surface area contributed by atoms with Gasteiger partial charge in [-0.3, -0.25) is 14.4 Å². The summed E-state index contributed by atoms with van der Waals surface area (Å²) in [4.78, 5) is 34.7. The molecule has 1 heterocycles. The van der Waals surface area contributed by atoms with Crippen LogP contribution < -0.4 is 5.32 Å². The third-order valence-corrected chi connectivity index (χ3v) is 3.71. The molecule has 0 aliphatic carbocycles. The van der Waals surface area contributed by atoms with Crippen molar-refractivity contribution in [3.05, 3.63) is 12.2 Å². The molecule has 1 atom stereocenters. The summed E-state index contributed by atoms with van der Waals surface area (Å²) in [5.41, 5.74) is 0. The van der Waals surface area contributed by atoms with E-state index in [9.17, 15) is 19.5 Å². The molecule has 23 heavy (non-hydrogen) atoms. The fraction of sp³-hybridized carbons (Fsp3) is 0.688. The molecule has 0 radical (unpaired) electrons. The number of carbonyl (C=O) groups excluding carboxylic acids is 2. The number of amides is 2. The minimum atomic E-state index is -0.813. The summed E-state index contributed by atoms with van der Waals surface area (Å²) in [6.45, 7) is 1.08. The molecular formula is C16H26N2O5. The van der Waals surface area contributed by atoms with Gasteiger partial charge in [0, 0.05) is 32.0 Å². The van der Waals surface area contributed by atoms with Gasteiger partial charge in [-0.2, -0.15) is 0 Å². The smallest absolute Gasteiger partial charge is 0.303 e. The predicted octanol–water partition coefficient (Wildman–Crippen LogP) is 1.02. The van der Waals surface area contributed by atoms with Gasteiger partial charge < -0.3 is 20.4 Å². The standard InChI is InChI=1S/C16H26N2O5/c19-13(17-11-5-1-4-8-16(22)23)7-3-2-6-12-18-14(20)9-10-15(18)21/h9-10,14,20H,1-8,11-12H2,(H,17,19)(H,22,23). The quantitative estimate of drug-likeness (QED) is 0.464. The molecule has 0 fully saturated rings. The Kier molecular flexibility index (Phi) is 8.97. The highest BCUT2D eigenvalue weighted by Crippen LogP contribution is 2.11. The molecule has 7 heteroatoms. The van der Waals surface area contributed by atoms with Crippen LogP contribution in [-0.2, 0) is 14.4 Å². The second-order valence-corrected chi connectivity index (χ2v) is 5.67. The summed E-state index contributed by atoms with van der Waals surface area (Å²) in [7, 11) is 0. The minimum absolute atomic E-state index is 0.00202. The van der Waals surface area contributed by atoms with E-state index in [2.05, 4.69) is 5.32 Å². The lowest BCUT2D eigenvalue weighted by Gasteiger charge is -2.20. The lowest BCUT2D eigenvalue weighted by Crippen LogP contribution is -2.34. The number of hydrogen-bond donors (Lipinski definition) is 3. The Morgan fingerprint density at radius 1 is 1.09 bits per heavy atom. The van der Waals surface area contributed by atoms with Crippen molar-refractivity contribution in [2.45, 2.75) is 57.6 Å². The van der Waals surface area contributed by atoms with Crippen molar-refractivity contribution < 1.29 is 24.6 Å². The van der Waals surface area contributed by atoms with E-state index in [0.29, 0.717) is 25.9 Å². The molecule has 1 rings (SSSR count). The maximum Gasteiger partial charge on any atom is 0.303 e. The highest BCUT2D eigenvalue weighted by Gasteiger charge is 2.22. The van der Waals surface area contributed by atoms with Crippen LogP contribution in [0.15, 0.2) is 12.2 Å². The average Bonchev–Trinajstić information content (AvgIpc) is 2.81. The molecule has 0 aromatic rings.